The number of aliphatic hydroxyl groups excluding tert-OH is 1. The van der Waals surface area contributed by atoms with Crippen LogP contribution in [-0.4, -0.2) is 48.2 Å². The summed E-state index contributed by atoms with van der Waals surface area (Å²) in [6, 6.07) is 3.71. The molecule has 1 saturated carbocycles. The van der Waals surface area contributed by atoms with E-state index in [0.717, 1.165) is 12.4 Å². The molecule has 1 aliphatic carbocycles. The van der Waals surface area contributed by atoms with Gasteiger partial charge in [0.2, 0.25) is 0 Å². The van der Waals surface area contributed by atoms with Crippen LogP contribution in [0.25, 0.3) is 0 Å². The number of aromatic nitrogens is 1. The summed E-state index contributed by atoms with van der Waals surface area (Å²) >= 11 is 5.97. The molecule has 1 aromatic rings. The van der Waals surface area contributed by atoms with Gasteiger partial charge in [0.25, 0.3) is 0 Å². The molecule has 1 fully saturated rings. The van der Waals surface area contributed by atoms with E-state index in [-0.39, 0.29) is 12.1 Å². The second kappa shape index (κ2) is 5.65. The third-order valence-electron chi connectivity index (χ3n) is 4.21. The highest BCUT2D eigenvalue weighted by Gasteiger charge is 2.40. The van der Waals surface area contributed by atoms with Crippen LogP contribution in [0.2, 0.25) is 5.02 Å². The van der Waals surface area contributed by atoms with Crippen LogP contribution >= 0.6 is 11.6 Å². The molecular weight excluding hydrogens is 262 g/mol. The summed E-state index contributed by atoms with van der Waals surface area (Å²) in [4.78, 5) is 8.88. The van der Waals surface area contributed by atoms with E-state index in [1.54, 1.807) is 6.07 Å². The SMILES string of the molecule is CN(CC1(N(C)C)CCC1)c1ccc(Cl)c(CO)n1. The molecule has 1 heterocycles. The van der Waals surface area contributed by atoms with Gasteiger partial charge in [-0.1, -0.05) is 11.6 Å². The average Bonchev–Trinajstić information content (AvgIpc) is 2.33. The van der Waals surface area contributed by atoms with Crippen LogP contribution in [0.5, 0.6) is 0 Å². The minimum absolute atomic E-state index is 0.126. The molecule has 0 saturated heterocycles. The van der Waals surface area contributed by atoms with Crippen molar-refractivity contribution in [2.75, 3.05) is 32.6 Å². The lowest BCUT2D eigenvalue weighted by molar-refractivity contribution is 0.0681. The van der Waals surface area contributed by atoms with Crippen LogP contribution in [0.1, 0.15) is 25.0 Å². The quantitative estimate of drug-likeness (QED) is 0.899. The Bertz CT molecular complexity index is 446. The van der Waals surface area contributed by atoms with Crippen LogP contribution < -0.4 is 4.90 Å². The van der Waals surface area contributed by atoms with Gasteiger partial charge in [0, 0.05) is 19.1 Å². The number of halogens is 1. The van der Waals surface area contributed by atoms with E-state index >= 15 is 0 Å². The Morgan fingerprint density at radius 3 is 2.47 bits per heavy atom. The number of aliphatic hydroxyl groups is 1. The molecule has 4 nitrogen and oxygen atoms in total. The van der Waals surface area contributed by atoms with Gasteiger partial charge in [0.15, 0.2) is 0 Å². The van der Waals surface area contributed by atoms with Crippen molar-refractivity contribution in [2.24, 2.45) is 0 Å². The summed E-state index contributed by atoms with van der Waals surface area (Å²) in [7, 11) is 6.32. The van der Waals surface area contributed by atoms with Gasteiger partial charge < -0.3 is 14.9 Å². The third kappa shape index (κ3) is 2.86. The molecule has 106 valence electrons. The summed E-state index contributed by atoms with van der Waals surface area (Å²) in [6.45, 7) is 0.818. The molecule has 1 N–H and O–H groups in total. The minimum Gasteiger partial charge on any atom is -0.390 e. The van der Waals surface area contributed by atoms with Crippen molar-refractivity contribution in [1.29, 1.82) is 0 Å². The maximum Gasteiger partial charge on any atom is 0.128 e. The van der Waals surface area contributed by atoms with Gasteiger partial charge in [-0.05, 0) is 45.5 Å². The Morgan fingerprint density at radius 1 is 1.32 bits per heavy atom. The standard InChI is InChI=1S/C14H22ClN3O/c1-17(2)14(7-4-8-14)10-18(3)13-6-5-11(15)12(9-19)16-13/h5-6,19H,4,7-10H2,1-3H3. The fourth-order valence-corrected chi connectivity index (χ4v) is 2.82. The van der Waals surface area contributed by atoms with Crippen molar-refractivity contribution in [1.82, 2.24) is 9.88 Å². The normalized spacial score (nSPS) is 17.4. The van der Waals surface area contributed by atoms with E-state index in [9.17, 15) is 5.11 Å². The van der Waals surface area contributed by atoms with Crippen LogP contribution in [0, 0.1) is 0 Å². The summed E-state index contributed by atoms with van der Waals surface area (Å²) in [5.74, 6) is 0.863. The van der Waals surface area contributed by atoms with E-state index in [4.69, 9.17) is 11.6 Å². The largest absolute Gasteiger partial charge is 0.390 e. The third-order valence-corrected chi connectivity index (χ3v) is 4.55. The first-order valence-electron chi connectivity index (χ1n) is 6.63. The second-order valence-electron chi connectivity index (χ2n) is 5.58. The van der Waals surface area contributed by atoms with Crippen LogP contribution in [0.4, 0.5) is 5.82 Å². The van der Waals surface area contributed by atoms with Crippen LogP contribution in [-0.2, 0) is 6.61 Å². The van der Waals surface area contributed by atoms with Gasteiger partial charge in [-0.3, -0.25) is 0 Å². The fourth-order valence-electron chi connectivity index (χ4n) is 2.65. The predicted molar refractivity (Wildman–Crippen MR) is 78.7 cm³/mol. The fraction of sp³-hybridized carbons (Fsp3) is 0.643. The summed E-state index contributed by atoms with van der Waals surface area (Å²) < 4.78 is 0. The predicted octanol–water partition coefficient (Wildman–Crippen LogP) is 2.15. The van der Waals surface area contributed by atoms with Gasteiger partial charge in [0.1, 0.15) is 5.82 Å². The Balaban J connectivity index is 2.13. The average molecular weight is 284 g/mol. The molecule has 19 heavy (non-hydrogen) atoms. The first kappa shape index (κ1) is 14.6. The minimum atomic E-state index is -0.126. The van der Waals surface area contributed by atoms with Crippen molar-refractivity contribution in [3.8, 4) is 0 Å². The highest BCUT2D eigenvalue weighted by atomic mass is 35.5. The van der Waals surface area contributed by atoms with Gasteiger partial charge in [-0.2, -0.15) is 0 Å². The molecule has 0 aliphatic heterocycles. The lowest BCUT2D eigenvalue weighted by Gasteiger charge is -2.49. The lowest BCUT2D eigenvalue weighted by Crippen LogP contribution is -2.56. The van der Waals surface area contributed by atoms with Crippen molar-refractivity contribution in [2.45, 2.75) is 31.4 Å². The molecule has 0 bridgehead atoms. The Morgan fingerprint density at radius 2 is 2.00 bits per heavy atom. The number of likely N-dealkylation sites (N-methyl/N-ethyl adjacent to an activating group) is 2. The molecule has 0 amide bonds. The Hall–Kier alpha value is -0.840. The van der Waals surface area contributed by atoms with Crippen molar-refractivity contribution < 1.29 is 5.11 Å². The number of hydrogen-bond donors (Lipinski definition) is 1. The lowest BCUT2D eigenvalue weighted by atomic mass is 9.75. The molecule has 0 radical (unpaired) electrons. The van der Waals surface area contributed by atoms with Crippen LogP contribution in [0.15, 0.2) is 12.1 Å². The molecule has 0 aromatic carbocycles. The molecule has 0 atom stereocenters. The zero-order valence-electron chi connectivity index (χ0n) is 11.9. The van der Waals surface area contributed by atoms with Crippen molar-refractivity contribution >= 4 is 17.4 Å². The van der Waals surface area contributed by atoms with E-state index in [2.05, 4.69) is 28.9 Å². The highest BCUT2D eigenvalue weighted by Crippen LogP contribution is 2.37. The monoisotopic (exact) mass is 283 g/mol. The smallest absolute Gasteiger partial charge is 0.128 e. The zero-order valence-corrected chi connectivity index (χ0v) is 12.6. The second-order valence-corrected chi connectivity index (χ2v) is 5.99. The molecule has 2 rings (SSSR count). The van der Waals surface area contributed by atoms with Gasteiger partial charge in [-0.25, -0.2) is 4.98 Å². The van der Waals surface area contributed by atoms with Crippen molar-refractivity contribution in [3.05, 3.63) is 22.8 Å². The van der Waals surface area contributed by atoms with E-state index < -0.39 is 0 Å². The maximum atomic E-state index is 9.23. The van der Waals surface area contributed by atoms with Crippen molar-refractivity contribution in [3.63, 3.8) is 0 Å². The Labute approximate surface area is 120 Å². The first-order valence-corrected chi connectivity index (χ1v) is 7.01. The summed E-state index contributed by atoms with van der Waals surface area (Å²) in [6.07, 6.45) is 3.75. The summed E-state index contributed by atoms with van der Waals surface area (Å²) in [5, 5.41) is 9.75. The number of anilines is 1. The molecule has 5 heteroatoms. The summed E-state index contributed by atoms with van der Waals surface area (Å²) in [5.41, 5.74) is 0.800. The van der Waals surface area contributed by atoms with E-state index in [1.165, 1.54) is 19.3 Å². The molecular formula is C14H22ClN3O. The van der Waals surface area contributed by atoms with Crippen LogP contribution in [0.3, 0.4) is 0 Å². The first-order chi connectivity index (χ1) is 8.98. The molecule has 1 aliphatic rings. The van der Waals surface area contributed by atoms with Gasteiger partial charge in [0.05, 0.1) is 17.3 Å². The Kier molecular flexibility index (Phi) is 4.33. The molecule has 0 unspecified atom stereocenters. The van der Waals surface area contributed by atoms with E-state index in [0.29, 0.717) is 10.7 Å². The number of pyridine rings is 1. The number of rotatable bonds is 5. The number of hydrogen-bond acceptors (Lipinski definition) is 4. The van der Waals surface area contributed by atoms with Gasteiger partial charge >= 0.3 is 0 Å². The molecule has 0 spiro atoms. The zero-order chi connectivity index (χ0) is 14.0. The van der Waals surface area contributed by atoms with Gasteiger partial charge in [-0.15, -0.1) is 0 Å². The maximum absolute atomic E-state index is 9.23. The highest BCUT2D eigenvalue weighted by molar-refractivity contribution is 6.31. The number of nitrogens with zero attached hydrogens (tertiary/aromatic N) is 3. The van der Waals surface area contributed by atoms with E-state index in [1.807, 2.05) is 13.1 Å². The topological polar surface area (TPSA) is 39.6 Å². The molecule has 1 aromatic heterocycles.